The molecule has 1 aromatic rings. The number of likely N-dealkylation sites (tertiary alicyclic amines) is 1. The summed E-state index contributed by atoms with van der Waals surface area (Å²) in [5.74, 6) is 2.21. The van der Waals surface area contributed by atoms with Crippen molar-refractivity contribution in [3.8, 4) is 5.75 Å². The normalized spacial score (nSPS) is 38.8. The van der Waals surface area contributed by atoms with Gasteiger partial charge in [0.15, 0.2) is 0 Å². The molecule has 1 amide bonds. The van der Waals surface area contributed by atoms with Crippen molar-refractivity contribution in [1.82, 2.24) is 8.43 Å². The summed E-state index contributed by atoms with van der Waals surface area (Å²) in [4.78, 5) is 17.1. The fourth-order valence-electron chi connectivity index (χ4n) is 7.27. The Hall–Kier alpha value is -0.860. The number of hydrogen-bond donors (Lipinski definition) is 3. The van der Waals surface area contributed by atoms with Crippen LogP contribution in [0.1, 0.15) is 47.2 Å². The van der Waals surface area contributed by atoms with Gasteiger partial charge in [0.1, 0.15) is 0 Å². The Morgan fingerprint density at radius 2 is 2.14 bits per heavy atom. The topological polar surface area (TPSA) is 72.8 Å². The summed E-state index contributed by atoms with van der Waals surface area (Å²) < 4.78 is 2.95. The summed E-state index contributed by atoms with van der Waals surface area (Å²) in [5, 5.41) is 21.5. The molecule has 5 nitrogen and oxygen atoms in total. The van der Waals surface area contributed by atoms with Gasteiger partial charge >= 0.3 is 178 Å². The Balaban J connectivity index is 1.68. The molecule has 6 heteroatoms. The molecule has 2 bridgehead atoms. The average Bonchev–Trinajstić information content (AvgIpc) is 2.64. The van der Waals surface area contributed by atoms with Gasteiger partial charge in [0.25, 0.3) is 0 Å². The molecular formula is C22H30IN2O3-. The van der Waals surface area contributed by atoms with E-state index >= 15 is 0 Å². The fourth-order valence-corrected chi connectivity index (χ4v) is 8.05. The van der Waals surface area contributed by atoms with Crippen LogP contribution in [0, 0.1) is 23.7 Å². The zero-order valence-corrected chi connectivity index (χ0v) is 18.8. The summed E-state index contributed by atoms with van der Waals surface area (Å²) in [5.41, 5.74) is 2.60. The van der Waals surface area contributed by atoms with Crippen LogP contribution in [0.15, 0.2) is 12.1 Å². The molecule has 1 heterocycles. The molecule has 3 N–H and O–H groups in total. The van der Waals surface area contributed by atoms with E-state index in [1.165, 1.54) is 18.4 Å². The van der Waals surface area contributed by atoms with Crippen LogP contribution >= 0.6 is 0 Å². The number of aliphatic hydroxyl groups is 1. The Bertz CT molecular complexity index is 815. The molecule has 0 radical (unpaired) electrons. The first kappa shape index (κ1) is 19.1. The van der Waals surface area contributed by atoms with Gasteiger partial charge in [-0.2, -0.15) is 0 Å². The number of likely N-dealkylation sites (N-methyl/N-ethyl adjacent to an activating group) is 1. The Kier molecular flexibility index (Phi) is 4.67. The van der Waals surface area contributed by atoms with E-state index in [0.29, 0.717) is 35.3 Å². The van der Waals surface area contributed by atoms with Crippen LogP contribution in [0.5, 0.6) is 5.75 Å². The number of phenolic OH excluding ortho intramolecular Hbond substituents is 1. The molecular weight excluding hydrogens is 467 g/mol. The second-order valence-corrected chi connectivity index (χ2v) is 11.0. The number of amides is 1. The van der Waals surface area contributed by atoms with Crippen LogP contribution in [0.3, 0.4) is 0 Å². The van der Waals surface area contributed by atoms with E-state index in [1.54, 1.807) is 0 Å². The number of halogens is 1. The monoisotopic (exact) mass is 497 g/mol. The van der Waals surface area contributed by atoms with Gasteiger partial charge in [0.05, 0.1) is 0 Å². The van der Waals surface area contributed by atoms with Crippen molar-refractivity contribution in [1.29, 1.82) is 0 Å². The summed E-state index contributed by atoms with van der Waals surface area (Å²) in [6.45, 7) is 1.26. The van der Waals surface area contributed by atoms with Crippen molar-refractivity contribution in [2.45, 2.75) is 43.6 Å². The number of fused-ring (bicyclic) bond motifs is 2. The third kappa shape index (κ3) is 2.46. The first-order valence-electron chi connectivity index (χ1n) is 10.5. The van der Waals surface area contributed by atoms with E-state index in [4.69, 9.17) is 0 Å². The van der Waals surface area contributed by atoms with Gasteiger partial charge in [-0.15, -0.1) is 0 Å². The SMILES string of the molecule is C[I-]NC(=O)c1ccc2c(c1O)C13CCN(C)[C@H](C2)[C@@H]1C1CC[C@@H]1C(CO)C3. The molecule has 6 atom stereocenters. The summed E-state index contributed by atoms with van der Waals surface area (Å²) >= 11 is -0.384. The predicted octanol–water partition coefficient (Wildman–Crippen LogP) is -1.09. The van der Waals surface area contributed by atoms with Crippen LogP contribution in [0.25, 0.3) is 0 Å². The number of carbonyl (C=O) groups is 1. The zero-order valence-electron chi connectivity index (χ0n) is 16.6. The molecule has 5 rings (SSSR count). The van der Waals surface area contributed by atoms with Crippen LogP contribution in [-0.4, -0.2) is 52.2 Å². The number of rotatable bonds is 3. The Labute approximate surface area is 177 Å². The van der Waals surface area contributed by atoms with E-state index in [1.807, 2.05) is 11.0 Å². The number of hydrogen-bond acceptors (Lipinski definition) is 4. The Morgan fingerprint density at radius 1 is 1.36 bits per heavy atom. The number of nitrogens with zero attached hydrogens (tertiary/aromatic N) is 1. The van der Waals surface area contributed by atoms with Crippen LogP contribution < -0.4 is 25.0 Å². The van der Waals surface area contributed by atoms with Crippen LogP contribution in [-0.2, 0) is 11.8 Å². The van der Waals surface area contributed by atoms with Crippen molar-refractivity contribution in [2.75, 3.05) is 25.1 Å². The van der Waals surface area contributed by atoms with Crippen LogP contribution in [0.4, 0.5) is 0 Å². The number of piperidine rings is 1. The maximum atomic E-state index is 12.6. The molecule has 154 valence electrons. The van der Waals surface area contributed by atoms with Gasteiger partial charge in [0.2, 0.25) is 0 Å². The van der Waals surface area contributed by atoms with E-state index in [2.05, 4.69) is 21.5 Å². The molecule has 1 aliphatic heterocycles. The van der Waals surface area contributed by atoms with Crippen molar-refractivity contribution >= 4 is 5.91 Å². The van der Waals surface area contributed by atoms with Gasteiger partial charge < -0.3 is 0 Å². The summed E-state index contributed by atoms with van der Waals surface area (Å²) in [6.07, 6.45) is 5.40. The molecule has 1 aromatic carbocycles. The molecule has 1 saturated heterocycles. The third-order valence-electron chi connectivity index (χ3n) is 8.46. The van der Waals surface area contributed by atoms with Crippen molar-refractivity contribution in [2.24, 2.45) is 23.7 Å². The molecule has 3 aliphatic carbocycles. The molecule has 2 saturated carbocycles. The second kappa shape index (κ2) is 6.84. The first-order chi connectivity index (χ1) is 13.5. The maximum absolute atomic E-state index is 12.6. The number of benzene rings is 1. The Morgan fingerprint density at radius 3 is 2.82 bits per heavy atom. The van der Waals surface area contributed by atoms with Crippen molar-refractivity contribution < 1.29 is 36.5 Å². The van der Waals surface area contributed by atoms with Gasteiger partial charge in [-0.1, -0.05) is 0 Å². The molecule has 28 heavy (non-hydrogen) atoms. The number of nitrogens with one attached hydrogen (secondary N) is 1. The van der Waals surface area contributed by atoms with Gasteiger partial charge in [0, 0.05) is 0 Å². The minimum absolute atomic E-state index is 0.0959. The zero-order chi connectivity index (χ0) is 19.6. The van der Waals surface area contributed by atoms with E-state index in [9.17, 15) is 15.0 Å². The van der Waals surface area contributed by atoms with Gasteiger partial charge in [-0.25, -0.2) is 0 Å². The molecule has 0 spiro atoms. The standard InChI is InChI=1S/C22H30IN2O3/c1-23-24-21(28)16-4-3-12-9-17-19-15-6-5-14(15)13(11-26)10-22(19,7-8-25(17)2)18(12)20(16)27/h3-4,13-15,17,19,26-27H,5-11H2,1-2H3,(H,24,28)/q-1/t13?,14-,15?,17-,19+,22?/m1/s1. The summed E-state index contributed by atoms with van der Waals surface area (Å²) in [6, 6.07) is 4.41. The molecule has 3 fully saturated rings. The van der Waals surface area contributed by atoms with Gasteiger partial charge in [-0.3, -0.25) is 0 Å². The van der Waals surface area contributed by atoms with E-state index < -0.39 is 0 Å². The second-order valence-electron chi connectivity index (χ2n) is 9.34. The molecule has 0 aromatic heterocycles. The number of aromatic hydroxyl groups is 1. The number of carbonyl (C=O) groups excluding carboxylic acids is 1. The minimum atomic E-state index is -0.384. The first-order valence-corrected chi connectivity index (χ1v) is 13.7. The molecule has 4 aliphatic rings. The summed E-state index contributed by atoms with van der Waals surface area (Å²) in [7, 11) is 2.25. The third-order valence-corrected chi connectivity index (χ3v) is 9.49. The number of phenols is 1. The fraction of sp³-hybridized carbons (Fsp3) is 0.682. The quantitative estimate of drug-likeness (QED) is 0.282. The van der Waals surface area contributed by atoms with Crippen molar-refractivity contribution in [3.05, 3.63) is 28.8 Å². The van der Waals surface area contributed by atoms with E-state index in [-0.39, 0.29) is 45.2 Å². The van der Waals surface area contributed by atoms with Crippen LogP contribution in [0.2, 0.25) is 0 Å². The van der Waals surface area contributed by atoms with E-state index in [0.717, 1.165) is 31.4 Å². The van der Waals surface area contributed by atoms with Crippen molar-refractivity contribution in [3.63, 3.8) is 0 Å². The predicted molar refractivity (Wildman–Crippen MR) is 103 cm³/mol. The molecule has 3 unspecified atom stereocenters. The average molecular weight is 497 g/mol. The number of aliphatic hydroxyl groups excluding tert-OH is 1. The van der Waals surface area contributed by atoms with Gasteiger partial charge in [-0.05, 0) is 0 Å². The number of alkyl halides is 1.